The zero-order valence-electron chi connectivity index (χ0n) is 8.22. The van der Waals surface area contributed by atoms with Crippen molar-refractivity contribution in [2.45, 2.75) is 40.5 Å². The van der Waals surface area contributed by atoms with Gasteiger partial charge in [-0.1, -0.05) is 39.3 Å². The van der Waals surface area contributed by atoms with Gasteiger partial charge in [0, 0.05) is 0 Å². The normalized spacial score (nSPS) is 39.5. The van der Waals surface area contributed by atoms with Crippen LogP contribution in [0, 0.1) is 17.3 Å². The fourth-order valence-electron chi connectivity index (χ4n) is 2.15. The third-order valence-electron chi connectivity index (χ3n) is 3.47. The molecule has 0 nitrogen and oxygen atoms in total. The predicted octanol–water partition coefficient (Wildman–Crippen LogP) is 3.63. The SMILES string of the molecule is CC=CC(C)C1(C)CC1CC. The summed E-state index contributed by atoms with van der Waals surface area (Å²) in [5, 5.41) is 0. The number of rotatable bonds is 3. The van der Waals surface area contributed by atoms with Gasteiger partial charge in [-0.3, -0.25) is 0 Å². The molecule has 64 valence electrons. The summed E-state index contributed by atoms with van der Waals surface area (Å²) in [5.74, 6) is 1.77. The van der Waals surface area contributed by atoms with Gasteiger partial charge in [0.25, 0.3) is 0 Å². The molecular formula is C11H20. The Balaban J connectivity index is 2.48. The van der Waals surface area contributed by atoms with Crippen molar-refractivity contribution in [3.63, 3.8) is 0 Å². The highest BCUT2D eigenvalue weighted by molar-refractivity contribution is 5.06. The Bertz CT molecular complexity index is 157. The maximum Gasteiger partial charge on any atom is -0.0205 e. The average molecular weight is 152 g/mol. The Hall–Kier alpha value is -0.260. The Morgan fingerprint density at radius 3 is 2.64 bits per heavy atom. The zero-order valence-corrected chi connectivity index (χ0v) is 8.22. The molecule has 0 aliphatic heterocycles. The summed E-state index contributed by atoms with van der Waals surface area (Å²) >= 11 is 0. The molecule has 0 amide bonds. The molecule has 1 fully saturated rings. The first kappa shape index (κ1) is 8.83. The lowest BCUT2D eigenvalue weighted by atomic mass is 9.89. The zero-order chi connectivity index (χ0) is 8.48. The highest BCUT2D eigenvalue weighted by atomic mass is 14.6. The van der Waals surface area contributed by atoms with E-state index in [1.165, 1.54) is 12.8 Å². The van der Waals surface area contributed by atoms with Crippen LogP contribution in [0.15, 0.2) is 12.2 Å². The van der Waals surface area contributed by atoms with E-state index in [1.807, 2.05) is 0 Å². The van der Waals surface area contributed by atoms with E-state index in [0.29, 0.717) is 5.41 Å². The van der Waals surface area contributed by atoms with Crippen molar-refractivity contribution in [1.29, 1.82) is 0 Å². The molecule has 0 saturated heterocycles. The van der Waals surface area contributed by atoms with Crippen molar-refractivity contribution >= 4 is 0 Å². The number of hydrogen-bond acceptors (Lipinski definition) is 0. The van der Waals surface area contributed by atoms with Gasteiger partial charge in [0.15, 0.2) is 0 Å². The first-order valence-electron chi connectivity index (χ1n) is 4.78. The molecule has 1 saturated carbocycles. The van der Waals surface area contributed by atoms with Crippen LogP contribution in [-0.2, 0) is 0 Å². The molecular weight excluding hydrogens is 132 g/mol. The first-order chi connectivity index (χ1) is 5.15. The van der Waals surface area contributed by atoms with Crippen LogP contribution in [0.2, 0.25) is 0 Å². The lowest BCUT2D eigenvalue weighted by molar-refractivity contribution is 0.389. The molecule has 1 aliphatic rings. The highest BCUT2D eigenvalue weighted by Crippen LogP contribution is 2.59. The van der Waals surface area contributed by atoms with E-state index in [2.05, 4.69) is 39.8 Å². The van der Waals surface area contributed by atoms with E-state index in [-0.39, 0.29) is 0 Å². The second kappa shape index (κ2) is 3.00. The first-order valence-corrected chi connectivity index (χ1v) is 4.78. The summed E-state index contributed by atoms with van der Waals surface area (Å²) < 4.78 is 0. The molecule has 0 bridgehead atoms. The van der Waals surface area contributed by atoms with Crippen LogP contribution in [-0.4, -0.2) is 0 Å². The van der Waals surface area contributed by atoms with Gasteiger partial charge in [-0.2, -0.15) is 0 Å². The standard InChI is InChI=1S/C11H20/c1-5-7-9(3)11(4)8-10(11)6-2/h5,7,9-10H,6,8H2,1-4H3. The maximum atomic E-state index is 2.42. The monoisotopic (exact) mass is 152 g/mol. The molecule has 1 rings (SSSR count). The van der Waals surface area contributed by atoms with Crippen molar-refractivity contribution < 1.29 is 0 Å². The van der Waals surface area contributed by atoms with Gasteiger partial charge < -0.3 is 0 Å². The Morgan fingerprint density at radius 2 is 2.27 bits per heavy atom. The molecule has 0 aromatic heterocycles. The minimum absolute atomic E-state index is 0.640. The van der Waals surface area contributed by atoms with Gasteiger partial charge in [-0.05, 0) is 30.6 Å². The molecule has 0 radical (unpaired) electrons. The van der Waals surface area contributed by atoms with Crippen molar-refractivity contribution in [2.24, 2.45) is 17.3 Å². The Morgan fingerprint density at radius 1 is 1.64 bits per heavy atom. The Kier molecular flexibility index (Phi) is 2.41. The van der Waals surface area contributed by atoms with Gasteiger partial charge >= 0.3 is 0 Å². The second-order valence-corrected chi connectivity index (χ2v) is 4.13. The molecule has 0 aromatic carbocycles. The molecule has 0 N–H and O–H groups in total. The van der Waals surface area contributed by atoms with E-state index in [1.54, 1.807) is 0 Å². The summed E-state index contributed by atoms with van der Waals surface area (Å²) in [5.41, 5.74) is 0.640. The summed E-state index contributed by atoms with van der Waals surface area (Å²) in [4.78, 5) is 0. The van der Waals surface area contributed by atoms with Gasteiger partial charge in [-0.15, -0.1) is 0 Å². The van der Waals surface area contributed by atoms with Gasteiger partial charge in [-0.25, -0.2) is 0 Å². The quantitative estimate of drug-likeness (QED) is 0.542. The largest absolute Gasteiger partial charge is 0.0914 e. The van der Waals surface area contributed by atoms with Crippen LogP contribution >= 0.6 is 0 Å². The number of hydrogen-bond donors (Lipinski definition) is 0. The summed E-state index contributed by atoms with van der Waals surface area (Å²) in [6.07, 6.45) is 7.32. The topological polar surface area (TPSA) is 0 Å². The summed E-state index contributed by atoms with van der Waals surface area (Å²) in [6, 6.07) is 0. The third-order valence-corrected chi connectivity index (χ3v) is 3.47. The lowest BCUT2D eigenvalue weighted by Gasteiger charge is -2.16. The average Bonchev–Trinajstić information content (AvgIpc) is 2.64. The second-order valence-electron chi connectivity index (χ2n) is 4.13. The van der Waals surface area contributed by atoms with E-state index >= 15 is 0 Å². The highest BCUT2D eigenvalue weighted by Gasteiger charge is 2.50. The van der Waals surface area contributed by atoms with Crippen LogP contribution in [0.1, 0.15) is 40.5 Å². The van der Waals surface area contributed by atoms with E-state index in [4.69, 9.17) is 0 Å². The molecule has 11 heavy (non-hydrogen) atoms. The Labute approximate surface area is 70.7 Å². The van der Waals surface area contributed by atoms with Crippen LogP contribution in [0.5, 0.6) is 0 Å². The van der Waals surface area contributed by atoms with Crippen molar-refractivity contribution in [1.82, 2.24) is 0 Å². The van der Waals surface area contributed by atoms with E-state index in [0.717, 1.165) is 11.8 Å². The van der Waals surface area contributed by atoms with Crippen LogP contribution in [0.25, 0.3) is 0 Å². The molecule has 1 aliphatic carbocycles. The molecule has 0 heteroatoms. The minimum Gasteiger partial charge on any atom is -0.0914 e. The van der Waals surface area contributed by atoms with Crippen LogP contribution in [0.4, 0.5) is 0 Å². The minimum atomic E-state index is 0.640. The van der Waals surface area contributed by atoms with Crippen molar-refractivity contribution in [3.05, 3.63) is 12.2 Å². The van der Waals surface area contributed by atoms with E-state index in [9.17, 15) is 0 Å². The third kappa shape index (κ3) is 1.50. The van der Waals surface area contributed by atoms with Crippen LogP contribution < -0.4 is 0 Å². The van der Waals surface area contributed by atoms with Crippen molar-refractivity contribution in [3.8, 4) is 0 Å². The molecule has 3 atom stereocenters. The molecule has 0 heterocycles. The molecule has 3 unspecified atom stereocenters. The predicted molar refractivity (Wildman–Crippen MR) is 50.5 cm³/mol. The van der Waals surface area contributed by atoms with Gasteiger partial charge in [0.2, 0.25) is 0 Å². The maximum absolute atomic E-state index is 2.42. The summed E-state index contributed by atoms with van der Waals surface area (Å²) in [6.45, 7) is 9.18. The van der Waals surface area contributed by atoms with Gasteiger partial charge in [0.1, 0.15) is 0 Å². The fraction of sp³-hybridized carbons (Fsp3) is 0.818. The van der Waals surface area contributed by atoms with E-state index < -0.39 is 0 Å². The molecule has 0 spiro atoms. The van der Waals surface area contributed by atoms with Gasteiger partial charge in [0.05, 0.1) is 0 Å². The van der Waals surface area contributed by atoms with Crippen molar-refractivity contribution in [2.75, 3.05) is 0 Å². The van der Waals surface area contributed by atoms with Crippen LogP contribution in [0.3, 0.4) is 0 Å². The lowest BCUT2D eigenvalue weighted by Crippen LogP contribution is -2.08. The fourth-order valence-corrected chi connectivity index (χ4v) is 2.15. The smallest absolute Gasteiger partial charge is 0.0205 e. The summed E-state index contributed by atoms with van der Waals surface area (Å²) in [7, 11) is 0. The number of allylic oxidation sites excluding steroid dienone is 2. The molecule has 0 aromatic rings.